The van der Waals surface area contributed by atoms with Crippen molar-refractivity contribution in [2.45, 2.75) is 18.9 Å². The van der Waals surface area contributed by atoms with Crippen LogP contribution in [0.15, 0.2) is 11.6 Å². The number of allylic oxidation sites excluding steroid dienone is 1. The summed E-state index contributed by atoms with van der Waals surface area (Å²) < 4.78 is 4.70. The minimum absolute atomic E-state index is 0.148. The van der Waals surface area contributed by atoms with Crippen LogP contribution < -0.4 is 5.32 Å². The number of hydrogen-bond acceptors (Lipinski definition) is 3. The second-order valence-corrected chi connectivity index (χ2v) is 3.34. The summed E-state index contributed by atoms with van der Waals surface area (Å²) in [7, 11) is 1.44. The van der Waals surface area contributed by atoms with Crippen LogP contribution in [-0.2, 0) is 9.53 Å². The van der Waals surface area contributed by atoms with Gasteiger partial charge in [-0.2, -0.15) is 0 Å². The lowest BCUT2D eigenvalue weighted by atomic mass is 10.0. The van der Waals surface area contributed by atoms with E-state index >= 15 is 0 Å². The second-order valence-electron chi connectivity index (χ2n) is 3.34. The Bertz CT molecular complexity index is 235. The lowest BCUT2D eigenvalue weighted by Crippen LogP contribution is -2.32. The van der Waals surface area contributed by atoms with Crippen molar-refractivity contribution in [2.75, 3.05) is 13.7 Å². The molecule has 0 aromatic carbocycles. The monoisotopic (exact) mass is 167 g/mol. The Morgan fingerprint density at radius 3 is 3.33 bits per heavy atom. The third kappa shape index (κ3) is 1.05. The zero-order chi connectivity index (χ0) is 8.55. The van der Waals surface area contributed by atoms with Crippen LogP contribution in [0.2, 0.25) is 0 Å². The van der Waals surface area contributed by atoms with Crippen molar-refractivity contribution in [3.05, 3.63) is 11.6 Å². The van der Waals surface area contributed by atoms with E-state index in [0.29, 0.717) is 5.92 Å². The van der Waals surface area contributed by atoms with Crippen LogP contribution in [0.3, 0.4) is 0 Å². The topological polar surface area (TPSA) is 38.3 Å². The van der Waals surface area contributed by atoms with E-state index in [1.54, 1.807) is 0 Å². The number of nitrogens with one attached hydrogen (secondary N) is 1. The SMILES string of the molecule is COC(=O)C1NCC2CCC=C21. The van der Waals surface area contributed by atoms with Crippen LogP contribution in [0.4, 0.5) is 0 Å². The summed E-state index contributed by atoms with van der Waals surface area (Å²) in [6.07, 6.45) is 4.48. The Balaban J connectivity index is 2.13. The van der Waals surface area contributed by atoms with Crippen molar-refractivity contribution in [1.29, 1.82) is 0 Å². The van der Waals surface area contributed by atoms with Gasteiger partial charge in [-0.25, -0.2) is 0 Å². The first-order valence-corrected chi connectivity index (χ1v) is 4.34. The fourth-order valence-corrected chi connectivity index (χ4v) is 2.07. The average molecular weight is 167 g/mol. The van der Waals surface area contributed by atoms with Crippen molar-refractivity contribution in [1.82, 2.24) is 5.32 Å². The van der Waals surface area contributed by atoms with E-state index in [2.05, 4.69) is 11.4 Å². The lowest BCUT2D eigenvalue weighted by Gasteiger charge is -2.08. The fourth-order valence-electron chi connectivity index (χ4n) is 2.07. The molecular weight excluding hydrogens is 154 g/mol. The molecule has 3 heteroatoms. The minimum atomic E-state index is -0.150. The van der Waals surface area contributed by atoms with E-state index in [9.17, 15) is 4.79 Å². The van der Waals surface area contributed by atoms with Gasteiger partial charge in [-0.1, -0.05) is 6.08 Å². The Hall–Kier alpha value is -0.830. The number of ether oxygens (including phenoxy) is 1. The molecule has 2 rings (SSSR count). The fraction of sp³-hybridized carbons (Fsp3) is 0.667. The van der Waals surface area contributed by atoms with Crippen LogP contribution in [0.5, 0.6) is 0 Å². The summed E-state index contributed by atoms with van der Waals surface area (Å²) in [6, 6.07) is -0.150. The van der Waals surface area contributed by atoms with Crippen molar-refractivity contribution in [2.24, 2.45) is 5.92 Å². The van der Waals surface area contributed by atoms with E-state index in [1.165, 1.54) is 19.1 Å². The van der Waals surface area contributed by atoms with Gasteiger partial charge in [0.2, 0.25) is 0 Å². The standard InChI is InChI=1S/C9H13NO2/c1-12-9(11)8-7-4-2-3-6(7)5-10-8/h4,6,8,10H,2-3,5H2,1H3. The van der Waals surface area contributed by atoms with Crippen LogP contribution in [0, 0.1) is 5.92 Å². The molecular formula is C9H13NO2. The number of esters is 1. The molecule has 0 spiro atoms. The first-order chi connectivity index (χ1) is 5.83. The van der Waals surface area contributed by atoms with Crippen LogP contribution in [-0.4, -0.2) is 25.7 Å². The third-order valence-electron chi connectivity index (χ3n) is 2.71. The van der Waals surface area contributed by atoms with E-state index in [4.69, 9.17) is 4.74 Å². The van der Waals surface area contributed by atoms with Gasteiger partial charge in [0.05, 0.1) is 7.11 Å². The predicted octanol–water partition coefficient (Wildman–Crippen LogP) is 0.468. The van der Waals surface area contributed by atoms with Gasteiger partial charge in [-0.05, 0) is 24.3 Å². The van der Waals surface area contributed by atoms with E-state index < -0.39 is 0 Å². The molecule has 2 aliphatic rings. The number of carbonyl (C=O) groups excluding carboxylic acids is 1. The van der Waals surface area contributed by atoms with Crippen LogP contribution in [0.25, 0.3) is 0 Å². The molecule has 1 heterocycles. The Kier molecular flexibility index (Phi) is 1.89. The number of rotatable bonds is 1. The number of carbonyl (C=O) groups is 1. The van der Waals surface area contributed by atoms with Crippen LogP contribution >= 0.6 is 0 Å². The summed E-state index contributed by atoms with van der Waals surface area (Å²) >= 11 is 0. The molecule has 0 saturated carbocycles. The first kappa shape index (κ1) is 7.80. The maximum atomic E-state index is 11.2. The van der Waals surface area contributed by atoms with Gasteiger partial charge in [0.1, 0.15) is 6.04 Å². The normalized spacial score (nSPS) is 32.9. The third-order valence-corrected chi connectivity index (χ3v) is 2.71. The summed E-state index contributed by atoms with van der Waals surface area (Å²) in [5, 5.41) is 3.17. The van der Waals surface area contributed by atoms with Crippen molar-refractivity contribution >= 4 is 5.97 Å². The van der Waals surface area contributed by atoms with Gasteiger partial charge in [-0.3, -0.25) is 4.79 Å². The molecule has 3 nitrogen and oxygen atoms in total. The number of hydrogen-bond donors (Lipinski definition) is 1. The highest BCUT2D eigenvalue weighted by atomic mass is 16.5. The van der Waals surface area contributed by atoms with E-state index in [1.807, 2.05) is 0 Å². The smallest absolute Gasteiger partial charge is 0.327 e. The number of fused-ring (bicyclic) bond motifs is 1. The van der Waals surface area contributed by atoms with Gasteiger partial charge in [0, 0.05) is 6.54 Å². The van der Waals surface area contributed by atoms with Gasteiger partial charge >= 0.3 is 5.97 Å². The Labute approximate surface area is 71.8 Å². The quantitative estimate of drug-likeness (QED) is 0.455. The van der Waals surface area contributed by atoms with E-state index in [0.717, 1.165) is 13.0 Å². The van der Waals surface area contributed by atoms with Crippen LogP contribution in [0.1, 0.15) is 12.8 Å². The van der Waals surface area contributed by atoms with Crippen molar-refractivity contribution in [3.63, 3.8) is 0 Å². The van der Waals surface area contributed by atoms with Gasteiger partial charge in [-0.15, -0.1) is 0 Å². The molecule has 0 radical (unpaired) electrons. The molecule has 2 atom stereocenters. The molecule has 0 aromatic heterocycles. The first-order valence-electron chi connectivity index (χ1n) is 4.34. The maximum absolute atomic E-state index is 11.2. The summed E-state index contributed by atoms with van der Waals surface area (Å²) in [5.41, 5.74) is 1.25. The lowest BCUT2D eigenvalue weighted by molar-refractivity contribution is -0.141. The zero-order valence-electron chi connectivity index (χ0n) is 7.17. The molecule has 2 unspecified atom stereocenters. The zero-order valence-corrected chi connectivity index (χ0v) is 7.17. The molecule has 12 heavy (non-hydrogen) atoms. The van der Waals surface area contributed by atoms with Crippen molar-refractivity contribution in [3.8, 4) is 0 Å². The highest BCUT2D eigenvalue weighted by Gasteiger charge is 2.36. The van der Waals surface area contributed by atoms with Gasteiger partial charge < -0.3 is 10.1 Å². The highest BCUT2D eigenvalue weighted by molar-refractivity contribution is 5.80. The van der Waals surface area contributed by atoms with Gasteiger partial charge in [0.15, 0.2) is 0 Å². The molecule has 1 aliphatic carbocycles. The molecule has 0 aromatic rings. The largest absolute Gasteiger partial charge is 0.468 e. The molecule has 1 N–H and O–H groups in total. The molecule has 1 aliphatic heterocycles. The molecule has 0 bridgehead atoms. The molecule has 1 saturated heterocycles. The Morgan fingerprint density at radius 1 is 1.75 bits per heavy atom. The number of methoxy groups -OCH3 is 1. The highest BCUT2D eigenvalue weighted by Crippen LogP contribution is 2.32. The van der Waals surface area contributed by atoms with Gasteiger partial charge in [0.25, 0.3) is 0 Å². The summed E-state index contributed by atoms with van der Waals surface area (Å²) in [5.74, 6) is 0.444. The molecule has 1 fully saturated rings. The predicted molar refractivity (Wildman–Crippen MR) is 44.6 cm³/mol. The molecule has 0 amide bonds. The summed E-state index contributed by atoms with van der Waals surface area (Å²) in [4.78, 5) is 11.2. The molecule has 66 valence electrons. The minimum Gasteiger partial charge on any atom is -0.468 e. The Morgan fingerprint density at radius 2 is 2.58 bits per heavy atom. The maximum Gasteiger partial charge on any atom is 0.327 e. The summed E-state index contributed by atoms with van der Waals surface area (Å²) in [6.45, 7) is 0.936. The van der Waals surface area contributed by atoms with Crippen molar-refractivity contribution < 1.29 is 9.53 Å². The average Bonchev–Trinajstić information content (AvgIpc) is 2.62. The van der Waals surface area contributed by atoms with E-state index in [-0.39, 0.29) is 12.0 Å². The second kappa shape index (κ2) is 2.90.